The average Bonchev–Trinajstić information content (AvgIpc) is 2.76. The molecule has 6 nitrogen and oxygen atoms in total. The van der Waals surface area contributed by atoms with Crippen molar-refractivity contribution in [3.05, 3.63) is 77.5 Å². The fraction of sp³-hybridized carbons (Fsp3) is 0.190. The molecular weight excluding hydrogens is 429 g/mol. The number of nitrogens with one attached hydrogen (secondary N) is 1. The number of rotatable bonds is 7. The second kappa shape index (κ2) is 9.69. The van der Waals surface area contributed by atoms with Crippen LogP contribution in [0.15, 0.2) is 65.8 Å². The van der Waals surface area contributed by atoms with Gasteiger partial charge in [-0.15, -0.1) is 0 Å². The predicted octanol–water partition coefficient (Wildman–Crippen LogP) is 5.51. The molecule has 0 radical (unpaired) electrons. The van der Waals surface area contributed by atoms with Gasteiger partial charge in [-0.25, -0.2) is 14.8 Å². The van der Waals surface area contributed by atoms with Gasteiger partial charge in [-0.05, 0) is 30.0 Å². The molecule has 0 atom stereocenters. The molecule has 0 bridgehead atoms. The number of benzene rings is 2. The number of halogens is 3. The highest BCUT2D eigenvalue weighted by molar-refractivity contribution is 7.98. The van der Waals surface area contributed by atoms with Crippen LogP contribution in [0.5, 0.6) is 0 Å². The van der Waals surface area contributed by atoms with Crippen LogP contribution in [-0.2, 0) is 19.3 Å². The van der Waals surface area contributed by atoms with E-state index in [0.717, 1.165) is 22.6 Å². The molecule has 1 heterocycles. The standard InChI is InChI=1S/C21H19F3N4O2S/c1-31-19-26-16(11-18(27-19)25-12-14-6-3-2-4-7-14)13-28(20(29)30)17-9-5-8-15(10-17)21(22,23)24/h2-11H,12-13H2,1H3,(H,29,30)(H,25,26,27). The highest BCUT2D eigenvalue weighted by Gasteiger charge is 2.31. The van der Waals surface area contributed by atoms with Gasteiger partial charge in [-0.3, -0.25) is 4.90 Å². The highest BCUT2D eigenvalue weighted by atomic mass is 32.2. The molecule has 0 unspecified atom stereocenters. The molecule has 10 heteroatoms. The monoisotopic (exact) mass is 448 g/mol. The van der Waals surface area contributed by atoms with Gasteiger partial charge in [-0.1, -0.05) is 48.2 Å². The summed E-state index contributed by atoms with van der Waals surface area (Å²) in [5, 5.41) is 13.2. The number of carbonyl (C=O) groups is 1. The summed E-state index contributed by atoms with van der Waals surface area (Å²) in [6.45, 7) is 0.272. The van der Waals surface area contributed by atoms with Crippen LogP contribution in [0.4, 0.5) is 29.5 Å². The van der Waals surface area contributed by atoms with Gasteiger partial charge < -0.3 is 10.4 Å². The lowest BCUT2D eigenvalue weighted by Gasteiger charge is -2.20. The van der Waals surface area contributed by atoms with Crippen LogP contribution in [0.25, 0.3) is 0 Å². The third kappa shape index (κ3) is 6.11. The summed E-state index contributed by atoms with van der Waals surface area (Å²) >= 11 is 1.28. The maximum Gasteiger partial charge on any atom is 0.416 e. The smallest absolute Gasteiger partial charge is 0.416 e. The summed E-state index contributed by atoms with van der Waals surface area (Å²) in [5.74, 6) is 0.493. The largest absolute Gasteiger partial charge is 0.465 e. The molecule has 2 aromatic carbocycles. The number of aromatic nitrogens is 2. The quantitative estimate of drug-likeness (QED) is 0.366. The Morgan fingerprint density at radius 2 is 1.84 bits per heavy atom. The van der Waals surface area contributed by atoms with Crippen LogP contribution in [0.3, 0.4) is 0 Å². The molecule has 0 spiro atoms. The van der Waals surface area contributed by atoms with Crippen molar-refractivity contribution in [3.8, 4) is 0 Å². The van der Waals surface area contributed by atoms with Crippen LogP contribution in [0.2, 0.25) is 0 Å². The first-order valence-corrected chi connectivity index (χ1v) is 10.4. The summed E-state index contributed by atoms with van der Waals surface area (Å²) in [5.41, 5.74) is 0.374. The lowest BCUT2D eigenvalue weighted by molar-refractivity contribution is -0.137. The van der Waals surface area contributed by atoms with Crippen molar-refractivity contribution in [1.29, 1.82) is 0 Å². The second-order valence-corrected chi connectivity index (χ2v) is 7.26. The number of carboxylic acid groups (broad SMARTS) is 1. The molecule has 0 fully saturated rings. The van der Waals surface area contributed by atoms with Crippen molar-refractivity contribution in [2.45, 2.75) is 24.4 Å². The first kappa shape index (κ1) is 22.4. The minimum Gasteiger partial charge on any atom is -0.465 e. The number of hydrogen-bond donors (Lipinski definition) is 2. The Morgan fingerprint density at radius 3 is 2.48 bits per heavy atom. The Balaban J connectivity index is 1.85. The Labute approximate surface area is 181 Å². The van der Waals surface area contributed by atoms with Gasteiger partial charge in [0.25, 0.3) is 0 Å². The fourth-order valence-electron chi connectivity index (χ4n) is 2.81. The molecule has 0 aliphatic rings. The van der Waals surface area contributed by atoms with E-state index in [1.807, 2.05) is 30.3 Å². The highest BCUT2D eigenvalue weighted by Crippen LogP contribution is 2.32. The van der Waals surface area contributed by atoms with Crippen LogP contribution in [0.1, 0.15) is 16.8 Å². The average molecular weight is 448 g/mol. The molecule has 31 heavy (non-hydrogen) atoms. The van der Waals surface area contributed by atoms with Gasteiger partial charge in [0, 0.05) is 18.3 Å². The Bertz CT molecular complexity index is 1050. The lowest BCUT2D eigenvalue weighted by atomic mass is 10.2. The molecule has 1 amide bonds. The second-order valence-electron chi connectivity index (χ2n) is 6.49. The third-order valence-electron chi connectivity index (χ3n) is 4.29. The molecular formula is C21H19F3N4O2S. The van der Waals surface area contributed by atoms with Crippen LogP contribution in [0, 0.1) is 0 Å². The number of nitrogens with zero attached hydrogens (tertiary/aromatic N) is 3. The van der Waals surface area contributed by atoms with Crippen molar-refractivity contribution in [1.82, 2.24) is 9.97 Å². The van der Waals surface area contributed by atoms with Gasteiger partial charge in [0.1, 0.15) is 5.82 Å². The van der Waals surface area contributed by atoms with E-state index in [1.165, 1.54) is 23.9 Å². The van der Waals surface area contributed by atoms with E-state index >= 15 is 0 Å². The van der Waals surface area contributed by atoms with Gasteiger partial charge in [-0.2, -0.15) is 13.2 Å². The first-order valence-electron chi connectivity index (χ1n) is 9.13. The number of anilines is 2. The lowest BCUT2D eigenvalue weighted by Crippen LogP contribution is -2.29. The van der Waals surface area contributed by atoms with E-state index in [9.17, 15) is 23.1 Å². The van der Waals surface area contributed by atoms with Gasteiger partial charge in [0.15, 0.2) is 5.16 Å². The van der Waals surface area contributed by atoms with Gasteiger partial charge >= 0.3 is 12.3 Å². The molecule has 0 aliphatic heterocycles. The summed E-state index contributed by atoms with van der Waals surface area (Å²) in [4.78, 5) is 21.3. The van der Waals surface area contributed by atoms with Crippen molar-refractivity contribution < 1.29 is 23.1 Å². The molecule has 162 valence electrons. The number of alkyl halides is 3. The zero-order valence-electron chi connectivity index (χ0n) is 16.4. The normalized spacial score (nSPS) is 11.2. The summed E-state index contributed by atoms with van der Waals surface area (Å²) in [6.07, 6.45) is -4.18. The van der Waals surface area contributed by atoms with Crippen molar-refractivity contribution in [2.75, 3.05) is 16.5 Å². The number of hydrogen-bond acceptors (Lipinski definition) is 5. The van der Waals surface area contributed by atoms with E-state index in [2.05, 4.69) is 15.3 Å². The van der Waals surface area contributed by atoms with E-state index in [1.54, 1.807) is 12.3 Å². The van der Waals surface area contributed by atoms with Gasteiger partial charge in [0.05, 0.1) is 17.8 Å². The van der Waals surface area contributed by atoms with E-state index < -0.39 is 17.8 Å². The van der Waals surface area contributed by atoms with Crippen LogP contribution in [-0.4, -0.2) is 27.4 Å². The molecule has 1 aromatic heterocycles. The maximum absolute atomic E-state index is 13.0. The predicted molar refractivity (Wildman–Crippen MR) is 113 cm³/mol. The molecule has 2 N–H and O–H groups in total. The van der Waals surface area contributed by atoms with Crippen molar-refractivity contribution in [2.24, 2.45) is 0 Å². The number of amides is 1. The minimum absolute atomic E-state index is 0.0922. The zero-order valence-corrected chi connectivity index (χ0v) is 17.2. The first-order chi connectivity index (χ1) is 14.8. The SMILES string of the molecule is CSc1nc(CN(C(=O)O)c2cccc(C(F)(F)F)c2)cc(NCc2ccccc2)n1. The van der Waals surface area contributed by atoms with Crippen molar-refractivity contribution in [3.63, 3.8) is 0 Å². The van der Waals surface area contributed by atoms with Gasteiger partial charge in [0.2, 0.25) is 0 Å². The Hall–Kier alpha value is -3.27. The summed E-state index contributed by atoms with van der Waals surface area (Å²) in [6, 6.07) is 15.4. The van der Waals surface area contributed by atoms with Crippen molar-refractivity contribution >= 4 is 29.4 Å². The molecule has 3 aromatic rings. The summed E-state index contributed by atoms with van der Waals surface area (Å²) in [7, 11) is 0. The van der Waals surface area contributed by atoms with Crippen LogP contribution < -0.4 is 10.2 Å². The fourth-order valence-corrected chi connectivity index (χ4v) is 3.20. The Morgan fingerprint density at radius 1 is 1.10 bits per heavy atom. The maximum atomic E-state index is 13.0. The minimum atomic E-state index is -4.57. The van der Waals surface area contributed by atoms with Crippen LogP contribution >= 0.6 is 11.8 Å². The molecule has 0 saturated carbocycles. The topological polar surface area (TPSA) is 78.4 Å². The number of thioether (sulfide) groups is 1. The van der Waals surface area contributed by atoms with E-state index in [4.69, 9.17) is 0 Å². The summed E-state index contributed by atoms with van der Waals surface area (Å²) < 4.78 is 39.1. The third-order valence-corrected chi connectivity index (χ3v) is 4.84. The zero-order chi connectivity index (χ0) is 22.4. The molecule has 0 aliphatic carbocycles. The Kier molecular flexibility index (Phi) is 7.01. The van der Waals surface area contributed by atoms with E-state index in [-0.39, 0.29) is 12.2 Å². The molecule has 3 rings (SSSR count). The molecule has 0 saturated heterocycles. The van der Waals surface area contributed by atoms with E-state index in [0.29, 0.717) is 23.2 Å².